The maximum atomic E-state index is 13.4. The fourth-order valence-corrected chi connectivity index (χ4v) is 3.85. The van der Waals surface area contributed by atoms with Gasteiger partial charge in [-0.25, -0.2) is 4.98 Å². The van der Waals surface area contributed by atoms with Gasteiger partial charge in [0.2, 0.25) is 0 Å². The minimum atomic E-state index is -0.308. The van der Waals surface area contributed by atoms with E-state index in [0.29, 0.717) is 33.9 Å². The lowest BCUT2D eigenvalue weighted by atomic mass is 10.2. The Kier molecular flexibility index (Phi) is 5.21. The number of furan rings is 1. The van der Waals surface area contributed by atoms with E-state index in [1.165, 1.54) is 0 Å². The van der Waals surface area contributed by atoms with E-state index >= 15 is 0 Å². The molecule has 2 aromatic heterocycles. The summed E-state index contributed by atoms with van der Waals surface area (Å²) in [5.41, 5.74) is 1.87. The number of nitrogens with zero attached hydrogens (tertiary/aromatic N) is 2. The Morgan fingerprint density at radius 2 is 1.75 bits per heavy atom. The number of aromatic nitrogens is 2. The summed E-state index contributed by atoms with van der Waals surface area (Å²) in [5, 5.41) is 1.82. The Morgan fingerprint density at radius 3 is 2.59 bits per heavy atom. The second-order valence-corrected chi connectivity index (χ2v) is 7.91. The van der Waals surface area contributed by atoms with Crippen molar-refractivity contribution in [2.75, 3.05) is 0 Å². The molecule has 0 spiro atoms. The molecule has 0 radical (unpaired) electrons. The average molecular weight is 444 g/mol. The van der Waals surface area contributed by atoms with Gasteiger partial charge in [-0.2, -0.15) is 0 Å². The topological polar surface area (TPSA) is 79.2 Å². The standard InChI is InChI=1S/C25H18ClN3O3/c26-18-10-11-21-17(12-18)13-22(32-21)25(31)29(14-16-6-2-1-3-7-16)15-23-27-20-9-5-4-8-19(20)24(30)28-23/h1-13H,14-15H2,(H,27,28,30). The van der Waals surface area contributed by atoms with Crippen molar-refractivity contribution in [2.45, 2.75) is 13.1 Å². The lowest BCUT2D eigenvalue weighted by molar-refractivity contribution is 0.0695. The quantitative estimate of drug-likeness (QED) is 0.406. The van der Waals surface area contributed by atoms with E-state index < -0.39 is 0 Å². The number of hydrogen-bond donors (Lipinski definition) is 1. The highest BCUT2D eigenvalue weighted by molar-refractivity contribution is 6.31. The molecule has 2 heterocycles. The summed E-state index contributed by atoms with van der Waals surface area (Å²) >= 11 is 6.07. The third kappa shape index (κ3) is 4.00. The first-order chi connectivity index (χ1) is 15.6. The molecular formula is C25H18ClN3O3. The SMILES string of the molecule is O=C(c1cc2cc(Cl)ccc2o1)N(Cc1ccccc1)Cc1nc2ccccc2c(=O)[nH]1. The summed E-state index contributed by atoms with van der Waals surface area (Å²) in [5.74, 6) is 0.287. The molecule has 0 bridgehead atoms. The fourth-order valence-electron chi connectivity index (χ4n) is 3.67. The van der Waals surface area contributed by atoms with E-state index in [2.05, 4.69) is 9.97 Å². The van der Waals surface area contributed by atoms with Crippen LogP contribution < -0.4 is 5.56 Å². The number of para-hydroxylation sites is 1. The van der Waals surface area contributed by atoms with Gasteiger partial charge in [0.15, 0.2) is 5.76 Å². The predicted octanol–water partition coefficient (Wildman–Crippen LogP) is 5.17. The van der Waals surface area contributed by atoms with E-state index in [1.54, 1.807) is 47.4 Å². The lowest BCUT2D eigenvalue weighted by Crippen LogP contribution is -2.31. The Bertz CT molecular complexity index is 1490. The van der Waals surface area contributed by atoms with Crippen LogP contribution in [-0.4, -0.2) is 20.8 Å². The van der Waals surface area contributed by atoms with Gasteiger partial charge in [0.05, 0.1) is 17.4 Å². The number of amides is 1. The van der Waals surface area contributed by atoms with Crippen molar-refractivity contribution >= 4 is 39.4 Å². The zero-order chi connectivity index (χ0) is 22.1. The summed E-state index contributed by atoms with van der Waals surface area (Å²) in [6.07, 6.45) is 0. The summed E-state index contributed by atoms with van der Waals surface area (Å²) < 4.78 is 5.79. The second-order valence-electron chi connectivity index (χ2n) is 7.47. The number of H-pyrrole nitrogens is 1. The number of carbonyl (C=O) groups excluding carboxylic acids is 1. The summed E-state index contributed by atoms with van der Waals surface area (Å²) in [7, 11) is 0. The van der Waals surface area contributed by atoms with Gasteiger partial charge in [-0.3, -0.25) is 9.59 Å². The number of halogens is 1. The molecule has 0 atom stereocenters. The van der Waals surface area contributed by atoms with Gasteiger partial charge in [-0.05, 0) is 42.0 Å². The van der Waals surface area contributed by atoms with E-state index in [-0.39, 0.29) is 23.8 Å². The highest BCUT2D eigenvalue weighted by Crippen LogP contribution is 2.24. The van der Waals surface area contributed by atoms with Gasteiger partial charge >= 0.3 is 0 Å². The van der Waals surface area contributed by atoms with Crippen LogP contribution in [-0.2, 0) is 13.1 Å². The predicted molar refractivity (Wildman–Crippen MR) is 124 cm³/mol. The number of benzene rings is 3. The normalized spacial score (nSPS) is 11.2. The highest BCUT2D eigenvalue weighted by Gasteiger charge is 2.22. The van der Waals surface area contributed by atoms with Crippen molar-refractivity contribution in [1.82, 2.24) is 14.9 Å². The monoisotopic (exact) mass is 443 g/mol. The van der Waals surface area contributed by atoms with E-state index in [1.807, 2.05) is 36.4 Å². The summed E-state index contributed by atoms with van der Waals surface area (Å²) in [6, 6.07) is 23.6. The smallest absolute Gasteiger partial charge is 0.290 e. The third-order valence-electron chi connectivity index (χ3n) is 5.20. The first-order valence-corrected chi connectivity index (χ1v) is 10.4. The maximum Gasteiger partial charge on any atom is 0.290 e. The van der Waals surface area contributed by atoms with Crippen molar-refractivity contribution in [3.63, 3.8) is 0 Å². The number of nitrogens with one attached hydrogen (secondary N) is 1. The largest absolute Gasteiger partial charge is 0.451 e. The average Bonchev–Trinajstić information content (AvgIpc) is 3.22. The molecule has 0 aliphatic rings. The van der Waals surface area contributed by atoms with Gasteiger partial charge in [0, 0.05) is 17.0 Å². The third-order valence-corrected chi connectivity index (χ3v) is 5.43. The van der Waals surface area contributed by atoms with Crippen molar-refractivity contribution < 1.29 is 9.21 Å². The molecule has 158 valence electrons. The van der Waals surface area contributed by atoms with E-state index in [0.717, 1.165) is 10.9 Å². The molecule has 0 aliphatic carbocycles. The van der Waals surface area contributed by atoms with E-state index in [4.69, 9.17) is 16.0 Å². The van der Waals surface area contributed by atoms with Crippen LogP contribution in [0, 0.1) is 0 Å². The first-order valence-electron chi connectivity index (χ1n) is 10.1. The van der Waals surface area contributed by atoms with Crippen LogP contribution in [0.15, 0.2) is 88.1 Å². The van der Waals surface area contributed by atoms with Crippen molar-refractivity contribution in [2.24, 2.45) is 0 Å². The highest BCUT2D eigenvalue weighted by atomic mass is 35.5. The number of carbonyl (C=O) groups is 1. The van der Waals surface area contributed by atoms with Gasteiger partial charge in [0.1, 0.15) is 11.4 Å². The summed E-state index contributed by atoms with van der Waals surface area (Å²) in [6.45, 7) is 0.444. The lowest BCUT2D eigenvalue weighted by Gasteiger charge is -2.21. The van der Waals surface area contributed by atoms with E-state index in [9.17, 15) is 9.59 Å². The summed E-state index contributed by atoms with van der Waals surface area (Å²) in [4.78, 5) is 34.9. The molecule has 1 amide bonds. The molecule has 32 heavy (non-hydrogen) atoms. The molecule has 3 aromatic carbocycles. The molecule has 7 heteroatoms. The number of fused-ring (bicyclic) bond motifs is 2. The van der Waals surface area contributed by atoms with Crippen LogP contribution in [0.4, 0.5) is 0 Å². The molecule has 5 rings (SSSR count). The molecule has 0 fully saturated rings. The molecule has 0 unspecified atom stereocenters. The molecule has 5 aromatic rings. The Morgan fingerprint density at radius 1 is 0.969 bits per heavy atom. The van der Waals surface area contributed by atoms with Gasteiger partial charge in [-0.1, -0.05) is 54.1 Å². The molecule has 0 aliphatic heterocycles. The molecular weight excluding hydrogens is 426 g/mol. The van der Waals surface area contributed by atoms with Crippen LogP contribution >= 0.6 is 11.6 Å². The van der Waals surface area contributed by atoms with Crippen LogP contribution in [0.25, 0.3) is 21.9 Å². The minimum absolute atomic E-state index is 0.117. The number of hydrogen-bond acceptors (Lipinski definition) is 4. The fraction of sp³-hybridized carbons (Fsp3) is 0.0800. The zero-order valence-corrected chi connectivity index (χ0v) is 17.7. The van der Waals surface area contributed by atoms with Crippen LogP contribution in [0.3, 0.4) is 0 Å². The molecule has 6 nitrogen and oxygen atoms in total. The maximum absolute atomic E-state index is 13.4. The van der Waals surface area contributed by atoms with Gasteiger partial charge in [0.25, 0.3) is 11.5 Å². The van der Waals surface area contributed by atoms with Crippen molar-refractivity contribution in [1.29, 1.82) is 0 Å². The minimum Gasteiger partial charge on any atom is -0.451 e. The first kappa shape index (κ1) is 20.0. The molecule has 0 saturated heterocycles. The van der Waals surface area contributed by atoms with Crippen LogP contribution in [0.2, 0.25) is 5.02 Å². The van der Waals surface area contributed by atoms with Gasteiger partial charge < -0.3 is 14.3 Å². The Hall–Kier alpha value is -3.90. The molecule has 1 N–H and O–H groups in total. The Labute approximate surface area is 188 Å². The van der Waals surface area contributed by atoms with Crippen molar-refractivity contribution in [3.8, 4) is 0 Å². The van der Waals surface area contributed by atoms with Crippen LogP contribution in [0.1, 0.15) is 21.9 Å². The van der Waals surface area contributed by atoms with Gasteiger partial charge in [-0.15, -0.1) is 0 Å². The van der Waals surface area contributed by atoms with Crippen molar-refractivity contribution in [3.05, 3.63) is 111 Å². The Balaban J connectivity index is 1.52. The number of rotatable bonds is 5. The zero-order valence-electron chi connectivity index (χ0n) is 16.9. The van der Waals surface area contributed by atoms with Crippen LogP contribution in [0.5, 0.6) is 0 Å². The number of aromatic amines is 1. The molecule has 0 saturated carbocycles. The second kappa shape index (κ2) is 8.32.